The number of carbonyl (C=O) groups is 2. The standard InChI is InChI=1S/C22H20N2O2/c1-15-11-12-20(16(2)13-15)24-22(26)18-9-6-10-19(14-18)23-21(25)17-7-4-3-5-8-17/h3-14H,1-2H3,(H,23,25)(H,24,26). The van der Waals surface area contributed by atoms with Crippen molar-refractivity contribution in [1.29, 1.82) is 0 Å². The second-order valence-electron chi connectivity index (χ2n) is 6.17. The third-order valence-electron chi connectivity index (χ3n) is 4.05. The van der Waals surface area contributed by atoms with Gasteiger partial charge >= 0.3 is 0 Å². The van der Waals surface area contributed by atoms with Crippen LogP contribution in [0.3, 0.4) is 0 Å². The molecule has 0 aliphatic rings. The van der Waals surface area contributed by atoms with Gasteiger partial charge < -0.3 is 10.6 Å². The van der Waals surface area contributed by atoms with Crippen molar-refractivity contribution in [1.82, 2.24) is 0 Å². The minimum Gasteiger partial charge on any atom is -0.322 e. The van der Waals surface area contributed by atoms with E-state index in [4.69, 9.17) is 0 Å². The van der Waals surface area contributed by atoms with Gasteiger partial charge in [-0.15, -0.1) is 0 Å². The number of hydrogen-bond donors (Lipinski definition) is 2. The van der Waals surface area contributed by atoms with Crippen LogP contribution in [0.4, 0.5) is 11.4 Å². The van der Waals surface area contributed by atoms with Gasteiger partial charge in [0.05, 0.1) is 0 Å². The lowest BCUT2D eigenvalue weighted by molar-refractivity contribution is 0.101. The van der Waals surface area contributed by atoms with E-state index in [0.717, 1.165) is 16.8 Å². The number of anilines is 2. The van der Waals surface area contributed by atoms with Crippen molar-refractivity contribution in [3.8, 4) is 0 Å². The molecule has 0 atom stereocenters. The summed E-state index contributed by atoms with van der Waals surface area (Å²) in [4.78, 5) is 24.8. The molecule has 0 saturated heterocycles. The molecule has 0 unspecified atom stereocenters. The Labute approximate surface area is 152 Å². The number of amides is 2. The smallest absolute Gasteiger partial charge is 0.255 e. The zero-order valence-electron chi connectivity index (χ0n) is 14.7. The SMILES string of the molecule is Cc1ccc(NC(=O)c2cccc(NC(=O)c3ccccc3)c2)c(C)c1. The van der Waals surface area contributed by atoms with Gasteiger partial charge in [0.15, 0.2) is 0 Å². The van der Waals surface area contributed by atoms with E-state index < -0.39 is 0 Å². The number of hydrogen-bond acceptors (Lipinski definition) is 2. The summed E-state index contributed by atoms with van der Waals surface area (Å²) < 4.78 is 0. The molecule has 0 bridgehead atoms. The van der Waals surface area contributed by atoms with E-state index in [1.807, 2.05) is 50.2 Å². The predicted molar refractivity (Wildman–Crippen MR) is 105 cm³/mol. The molecule has 0 fully saturated rings. The first kappa shape index (κ1) is 17.4. The van der Waals surface area contributed by atoms with E-state index in [0.29, 0.717) is 16.8 Å². The summed E-state index contributed by atoms with van der Waals surface area (Å²) in [5.74, 6) is -0.426. The molecule has 0 heterocycles. The van der Waals surface area contributed by atoms with Crippen LogP contribution in [0.2, 0.25) is 0 Å². The molecule has 3 aromatic rings. The molecule has 130 valence electrons. The molecule has 0 radical (unpaired) electrons. The molecule has 4 heteroatoms. The van der Waals surface area contributed by atoms with Gasteiger partial charge in [-0.3, -0.25) is 9.59 Å². The molecule has 3 rings (SSSR count). The van der Waals surface area contributed by atoms with Crippen molar-refractivity contribution in [2.75, 3.05) is 10.6 Å². The minimum absolute atomic E-state index is 0.211. The van der Waals surface area contributed by atoms with Crippen LogP contribution in [0.25, 0.3) is 0 Å². The van der Waals surface area contributed by atoms with E-state index in [-0.39, 0.29) is 11.8 Å². The Bertz CT molecular complexity index is 949. The van der Waals surface area contributed by atoms with Gasteiger partial charge in [0.25, 0.3) is 11.8 Å². The predicted octanol–water partition coefficient (Wildman–Crippen LogP) is 4.81. The zero-order chi connectivity index (χ0) is 18.5. The lowest BCUT2D eigenvalue weighted by Crippen LogP contribution is -2.15. The van der Waals surface area contributed by atoms with E-state index in [2.05, 4.69) is 10.6 Å². The normalized spacial score (nSPS) is 10.2. The van der Waals surface area contributed by atoms with Crippen LogP contribution in [-0.4, -0.2) is 11.8 Å². The molecule has 2 N–H and O–H groups in total. The van der Waals surface area contributed by atoms with E-state index in [1.165, 1.54) is 0 Å². The van der Waals surface area contributed by atoms with Crippen LogP contribution < -0.4 is 10.6 Å². The van der Waals surface area contributed by atoms with Gasteiger partial charge in [-0.25, -0.2) is 0 Å². The second-order valence-corrected chi connectivity index (χ2v) is 6.17. The Morgan fingerprint density at radius 3 is 2.12 bits per heavy atom. The number of carbonyl (C=O) groups excluding carboxylic acids is 2. The summed E-state index contributed by atoms with van der Waals surface area (Å²) in [6, 6.07) is 21.7. The fraction of sp³-hybridized carbons (Fsp3) is 0.0909. The van der Waals surface area contributed by atoms with Crippen molar-refractivity contribution in [2.24, 2.45) is 0 Å². The number of rotatable bonds is 4. The molecular weight excluding hydrogens is 324 g/mol. The fourth-order valence-corrected chi connectivity index (χ4v) is 2.68. The first-order chi connectivity index (χ1) is 12.5. The van der Waals surface area contributed by atoms with E-state index in [9.17, 15) is 9.59 Å². The van der Waals surface area contributed by atoms with Crippen molar-refractivity contribution in [2.45, 2.75) is 13.8 Å². The van der Waals surface area contributed by atoms with Crippen LogP contribution in [0, 0.1) is 13.8 Å². The largest absolute Gasteiger partial charge is 0.322 e. The lowest BCUT2D eigenvalue weighted by atomic mass is 10.1. The summed E-state index contributed by atoms with van der Waals surface area (Å²) in [5, 5.41) is 5.73. The average molecular weight is 344 g/mol. The Morgan fingerprint density at radius 1 is 0.692 bits per heavy atom. The molecule has 26 heavy (non-hydrogen) atoms. The topological polar surface area (TPSA) is 58.2 Å². The monoisotopic (exact) mass is 344 g/mol. The molecule has 0 aliphatic carbocycles. The van der Waals surface area contributed by atoms with Gasteiger partial charge in [-0.1, -0.05) is 42.0 Å². The molecule has 0 spiro atoms. The molecule has 0 saturated carbocycles. The fourth-order valence-electron chi connectivity index (χ4n) is 2.68. The Balaban J connectivity index is 1.74. The highest BCUT2D eigenvalue weighted by Crippen LogP contribution is 2.18. The van der Waals surface area contributed by atoms with Gasteiger partial charge in [0.1, 0.15) is 0 Å². The highest BCUT2D eigenvalue weighted by atomic mass is 16.2. The third kappa shape index (κ3) is 4.16. The first-order valence-electron chi connectivity index (χ1n) is 8.38. The van der Waals surface area contributed by atoms with Crippen molar-refractivity contribution in [3.63, 3.8) is 0 Å². The third-order valence-corrected chi connectivity index (χ3v) is 4.05. The van der Waals surface area contributed by atoms with Crippen LogP contribution >= 0.6 is 0 Å². The highest BCUT2D eigenvalue weighted by molar-refractivity contribution is 6.07. The highest BCUT2D eigenvalue weighted by Gasteiger charge is 2.10. The Hall–Kier alpha value is -3.40. The van der Waals surface area contributed by atoms with Crippen molar-refractivity contribution >= 4 is 23.2 Å². The van der Waals surface area contributed by atoms with Crippen LogP contribution in [0.1, 0.15) is 31.8 Å². The van der Waals surface area contributed by atoms with Crippen LogP contribution in [0.15, 0.2) is 72.8 Å². The number of benzene rings is 3. The van der Waals surface area contributed by atoms with Crippen molar-refractivity contribution < 1.29 is 9.59 Å². The summed E-state index contributed by atoms with van der Waals surface area (Å²) >= 11 is 0. The molecule has 3 aromatic carbocycles. The number of nitrogens with one attached hydrogen (secondary N) is 2. The zero-order valence-corrected chi connectivity index (χ0v) is 14.7. The minimum atomic E-state index is -0.215. The molecular formula is C22H20N2O2. The first-order valence-corrected chi connectivity index (χ1v) is 8.38. The van der Waals surface area contributed by atoms with Crippen LogP contribution in [-0.2, 0) is 0 Å². The maximum Gasteiger partial charge on any atom is 0.255 e. The van der Waals surface area contributed by atoms with Gasteiger partial charge in [0, 0.05) is 22.5 Å². The van der Waals surface area contributed by atoms with Gasteiger partial charge in [-0.05, 0) is 55.8 Å². The summed E-state index contributed by atoms with van der Waals surface area (Å²) in [6.07, 6.45) is 0. The summed E-state index contributed by atoms with van der Waals surface area (Å²) in [5.41, 5.74) is 4.55. The maximum atomic E-state index is 12.5. The molecule has 4 nitrogen and oxygen atoms in total. The average Bonchev–Trinajstić information content (AvgIpc) is 2.65. The van der Waals surface area contributed by atoms with Crippen LogP contribution in [0.5, 0.6) is 0 Å². The molecule has 0 aromatic heterocycles. The van der Waals surface area contributed by atoms with E-state index >= 15 is 0 Å². The number of aryl methyl sites for hydroxylation is 2. The van der Waals surface area contributed by atoms with Gasteiger partial charge in [-0.2, -0.15) is 0 Å². The maximum absolute atomic E-state index is 12.5. The van der Waals surface area contributed by atoms with Crippen molar-refractivity contribution in [3.05, 3.63) is 95.1 Å². The molecule has 0 aliphatic heterocycles. The summed E-state index contributed by atoms with van der Waals surface area (Å²) in [7, 11) is 0. The Kier molecular flexibility index (Phi) is 5.13. The lowest BCUT2D eigenvalue weighted by Gasteiger charge is -2.11. The summed E-state index contributed by atoms with van der Waals surface area (Å²) in [6.45, 7) is 3.97. The Morgan fingerprint density at radius 2 is 1.38 bits per heavy atom. The second kappa shape index (κ2) is 7.66. The molecule has 2 amide bonds. The van der Waals surface area contributed by atoms with Gasteiger partial charge in [0.2, 0.25) is 0 Å². The van der Waals surface area contributed by atoms with E-state index in [1.54, 1.807) is 36.4 Å². The quantitative estimate of drug-likeness (QED) is 0.714.